The Kier molecular flexibility index (Phi) is 6.41. The van der Waals surface area contributed by atoms with Gasteiger partial charge in [0.25, 0.3) is 0 Å². The number of nitrogens with one attached hydrogen (secondary N) is 2. The Morgan fingerprint density at radius 2 is 1.93 bits per heavy atom. The fourth-order valence-electron chi connectivity index (χ4n) is 3.07. The maximum absolute atomic E-state index is 5.89. The molecule has 3 heterocycles. The predicted molar refractivity (Wildman–Crippen MR) is 119 cm³/mol. The number of nitrogens with zero attached hydrogens (tertiary/aromatic N) is 3. The number of furan rings is 1. The second kappa shape index (κ2) is 9.55. The van der Waals surface area contributed by atoms with Crippen molar-refractivity contribution < 1.29 is 13.9 Å². The number of anilines is 2. The first-order chi connectivity index (χ1) is 14.7. The van der Waals surface area contributed by atoms with E-state index in [0.717, 1.165) is 36.0 Å². The highest BCUT2D eigenvalue weighted by Crippen LogP contribution is 2.22. The second-order valence-corrected chi connectivity index (χ2v) is 7.04. The van der Waals surface area contributed by atoms with Crippen molar-refractivity contribution in [3.8, 4) is 17.2 Å². The molecule has 9 heteroatoms. The zero-order valence-corrected chi connectivity index (χ0v) is 17.4. The van der Waals surface area contributed by atoms with E-state index in [1.165, 1.54) is 0 Å². The average molecular weight is 426 g/mol. The van der Waals surface area contributed by atoms with Gasteiger partial charge in [0.05, 0.1) is 26.9 Å². The molecule has 0 saturated carbocycles. The quantitative estimate of drug-likeness (QED) is 0.579. The van der Waals surface area contributed by atoms with E-state index in [0.29, 0.717) is 36.7 Å². The van der Waals surface area contributed by atoms with Crippen molar-refractivity contribution in [2.45, 2.75) is 6.54 Å². The van der Waals surface area contributed by atoms with Crippen LogP contribution in [0.1, 0.15) is 5.76 Å². The molecule has 1 fully saturated rings. The third-order valence-electron chi connectivity index (χ3n) is 4.60. The van der Waals surface area contributed by atoms with Gasteiger partial charge in [0.1, 0.15) is 17.3 Å². The van der Waals surface area contributed by atoms with Crippen molar-refractivity contribution in [3.63, 3.8) is 0 Å². The zero-order valence-electron chi connectivity index (χ0n) is 16.6. The van der Waals surface area contributed by atoms with Crippen LogP contribution in [0.5, 0.6) is 5.88 Å². The van der Waals surface area contributed by atoms with Crippen molar-refractivity contribution in [2.24, 2.45) is 0 Å². The number of thiocarbonyl (C=S) groups is 1. The molecule has 0 radical (unpaired) electrons. The van der Waals surface area contributed by atoms with Crippen LogP contribution >= 0.6 is 12.2 Å². The van der Waals surface area contributed by atoms with Gasteiger partial charge in [-0.1, -0.05) is 30.3 Å². The first-order valence-electron chi connectivity index (χ1n) is 9.66. The lowest BCUT2D eigenvalue weighted by Gasteiger charge is -2.28. The topological polar surface area (TPSA) is 84.7 Å². The van der Waals surface area contributed by atoms with Crippen LogP contribution in [0.2, 0.25) is 0 Å². The van der Waals surface area contributed by atoms with Gasteiger partial charge >= 0.3 is 0 Å². The molecule has 2 N–H and O–H groups in total. The summed E-state index contributed by atoms with van der Waals surface area (Å²) < 4.78 is 16.6. The Labute approximate surface area is 180 Å². The summed E-state index contributed by atoms with van der Waals surface area (Å²) in [6, 6.07) is 15.6. The monoisotopic (exact) mass is 425 g/mol. The Morgan fingerprint density at radius 3 is 2.70 bits per heavy atom. The predicted octanol–water partition coefficient (Wildman–Crippen LogP) is 3.07. The highest BCUT2D eigenvalue weighted by Gasteiger charge is 2.16. The number of ether oxygens (including phenoxy) is 2. The van der Waals surface area contributed by atoms with Gasteiger partial charge in [-0.15, -0.1) is 0 Å². The zero-order chi connectivity index (χ0) is 20.8. The van der Waals surface area contributed by atoms with Crippen LogP contribution in [-0.4, -0.2) is 48.5 Å². The molecule has 1 saturated heterocycles. The molecule has 3 aromatic rings. The molecule has 0 spiro atoms. The highest BCUT2D eigenvalue weighted by atomic mass is 32.1. The minimum absolute atomic E-state index is 0.373. The van der Waals surface area contributed by atoms with Gasteiger partial charge in [-0.05, 0) is 24.4 Å². The summed E-state index contributed by atoms with van der Waals surface area (Å²) >= 11 is 5.40. The van der Waals surface area contributed by atoms with Crippen LogP contribution in [0.15, 0.2) is 52.9 Å². The lowest BCUT2D eigenvalue weighted by Crippen LogP contribution is -2.37. The molecule has 1 aromatic carbocycles. The van der Waals surface area contributed by atoms with Gasteiger partial charge in [-0.25, -0.2) is 0 Å². The molecular formula is C21H23N5O3S. The molecule has 8 nitrogen and oxygen atoms in total. The lowest BCUT2D eigenvalue weighted by molar-refractivity contribution is 0.122. The van der Waals surface area contributed by atoms with Crippen LogP contribution in [0.4, 0.5) is 11.8 Å². The van der Waals surface area contributed by atoms with Crippen molar-refractivity contribution >= 4 is 29.1 Å². The third-order valence-corrected chi connectivity index (χ3v) is 4.85. The SMILES string of the molecule is COc1cc(N2CCOCC2)nc(NC(=S)NCc2ccc(-c3ccccc3)o2)n1. The molecule has 1 aliphatic heterocycles. The molecule has 0 amide bonds. The Bertz CT molecular complexity index is 989. The van der Waals surface area contributed by atoms with E-state index in [1.807, 2.05) is 42.5 Å². The molecule has 0 aliphatic carbocycles. The fraction of sp³-hybridized carbons (Fsp3) is 0.286. The smallest absolute Gasteiger partial charge is 0.234 e. The standard InChI is InChI=1S/C21H23N5O3S/c1-27-19-13-18(26-9-11-28-12-10-26)23-20(24-19)25-21(30)22-14-16-7-8-17(29-16)15-5-3-2-4-6-15/h2-8,13H,9-12,14H2,1H3,(H2,22,23,24,25,30). The minimum atomic E-state index is 0.373. The molecule has 1 aliphatic rings. The van der Waals surface area contributed by atoms with Gasteiger partial charge in [0.2, 0.25) is 11.8 Å². The Hall–Kier alpha value is -3.17. The van der Waals surface area contributed by atoms with Gasteiger partial charge in [-0.2, -0.15) is 9.97 Å². The normalized spacial score (nSPS) is 13.7. The van der Waals surface area contributed by atoms with Crippen molar-refractivity contribution in [2.75, 3.05) is 43.6 Å². The fourth-order valence-corrected chi connectivity index (χ4v) is 3.23. The van der Waals surface area contributed by atoms with E-state index < -0.39 is 0 Å². The number of methoxy groups -OCH3 is 1. The first-order valence-corrected chi connectivity index (χ1v) is 10.1. The van der Waals surface area contributed by atoms with Crippen LogP contribution in [0.3, 0.4) is 0 Å². The number of hydrogen-bond donors (Lipinski definition) is 2. The van der Waals surface area contributed by atoms with Gasteiger partial charge in [0.15, 0.2) is 5.11 Å². The van der Waals surface area contributed by atoms with E-state index in [4.69, 9.17) is 26.1 Å². The molecule has 30 heavy (non-hydrogen) atoms. The summed E-state index contributed by atoms with van der Waals surface area (Å²) in [5, 5.41) is 6.54. The van der Waals surface area contributed by atoms with E-state index >= 15 is 0 Å². The van der Waals surface area contributed by atoms with E-state index in [1.54, 1.807) is 13.2 Å². The molecular weight excluding hydrogens is 402 g/mol. The maximum Gasteiger partial charge on any atom is 0.234 e. The number of benzene rings is 1. The number of aromatic nitrogens is 2. The molecule has 0 atom stereocenters. The summed E-state index contributed by atoms with van der Waals surface area (Å²) in [6.07, 6.45) is 0. The Morgan fingerprint density at radius 1 is 1.13 bits per heavy atom. The number of hydrogen-bond acceptors (Lipinski definition) is 7. The summed E-state index contributed by atoms with van der Waals surface area (Å²) in [6.45, 7) is 3.32. The second-order valence-electron chi connectivity index (χ2n) is 6.63. The van der Waals surface area contributed by atoms with Gasteiger partial charge < -0.3 is 29.4 Å². The van der Waals surface area contributed by atoms with Crippen LogP contribution < -0.4 is 20.3 Å². The average Bonchev–Trinajstić information content (AvgIpc) is 3.28. The van der Waals surface area contributed by atoms with E-state index in [9.17, 15) is 0 Å². The molecule has 0 unspecified atom stereocenters. The third kappa shape index (κ3) is 5.05. The van der Waals surface area contributed by atoms with Crippen molar-refractivity contribution in [1.29, 1.82) is 0 Å². The number of morpholine rings is 1. The van der Waals surface area contributed by atoms with Crippen LogP contribution in [-0.2, 0) is 11.3 Å². The summed E-state index contributed by atoms with van der Waals surface area (Å²) in [5.74, 6) is 3.21. The van der Waals surface area contributed by atoms with Crippen LogP contribution in [0.25, 0.3) is 11.3 Å². The summed E-state index contributed by atoms with van der Waals surface area (Å²) in [4.78, 5) is 11.0. The summed E-state index contributed by atoms with van der Waals surface area (Å²) in [7, 11) is 1.58. The van der Waals surface area contributed by atoms with Crippen LogP contribution in [0, 0.1) is 0 Å². The largest absolute Gasteiger partial charge is 0.481 e. The lowest BCUT2D eigenvalue weighted by atomic mass is 10.2. The molecule has 4 rings (SSSR count). The Balaban J connectivity index is 1.37. The first kappa shape index (κ1) is 20.1. The highest BCUT2D eigenvalue weighted by molar-refractivity contribution is 7.80. The van der Waals surface area contributed by atoms with Crippen molar-refractivity contribution in [3.05, 3.63) is 54.3 Å². The summed E-state index contributed by atoms with van der Waals surface area (Å²) in [5.41, 5.74) is 1.03. The molecule has 0 bridgehead atoms. The number of rotatable bonds is 6. The van der Waals surface area contributed by atoms with Crippen molar-refractivity contribution in [1.82, 2.24) is 15.3 Å². The molecule has 2 aromatic heterocycles. The maximum atomic E-state index is 5.89. The minimum Gasteiger partial charge on any atom is -0.481 e. The van der Waals surface area contributed by atoms with E-state index in [2.05, 4.69) is 25.5 Å². The molecule has 156 valence electrons. The van der Waals surface area contributed by atoms with Gasteiger partial charge in [0, 0.05) is 24.7 Å². The van der Waals surface area contributed by atoms with E-state index in [-0.39, 0.29) is 0 Å². The van der Waals surface area contributed by atoms with Gasteiger partial charge in [-0.3, -0.25) is 0 Å².